The van der Waals surface area contributed by atoms with Crippen LogP contribution in [0.4, 0.5) is 4.48 Å². The van der Waals surface area contributed by atoms with E-state index in [0.29, 0.717) is 6.20 Å². The summed E-state index contributed by atoms with van der Waals surface area (Å²) >= 11 is 0. The minimum absolute atomic E-state index is 0.0979. The molecule has 0 amide bonds. The van der Waals surface area contributed by atoms with Crippen LogP contribution >= 0.6 is 0 Å². The molecular weight excluding hydrogens is 233 g/mol. The van der Waals surface area contributed by atoms with Crippen molar-refractivity contribution in [2.75, 3.05) is 0 Å². The molecule has 0 bridgehead atoms. The third kappa shape index (κ3) is 1.57. The van der Waals surface area contributed by atoms with Gasteiger partial charge in [0.25, 0.3) is 0 Å². The first-order chi connectivity index (χ1) is 7.91. The van der Waals surface area contributed by atoms with Gasteiger partial charge in [-0.25, -0.2) is 4.79 Å². The zero-order chi connectivity index (χ0) is 12.7. The monoisotopic (exact) mass is 239 g/mol. The first kappa shape index (κ1) is 10.9. The maximum absolute atomic E-state index is 13.4. The number of fused-ring (bicyclic) bond motifs is 1. The van der Waals surface area contributed by atoms with Gasteiger partial charge >= 0.3 is 5.97 Å². The number of carboxylic acids is 1. The molecular formula is C10H6FNO5. The van der Waals surface area contributed by atoms with E-state index in [0.717, 1.165) is 12.1 Å². The van der Waals surface area contributed by atoms with Crippen LogP contribution in [0.3, 0.4) is 0 Å². The second-order valence-corrected chi connectivity index (χ2v) is 3.35. The van der Waals surface area contributed by atoms with Gasteiger partial charge in [-0.05, 0) is 6.07 Å². The first-order valence-electron chi connectivity index (χ1n) is 4.42. The van der Waals surface area contributed by atoms with Gasteiger partial charge in [0.05, 0.1) is 17.1 Å². The summed E-state index contributed by atoms with van der Waals surface area (Å²) in [6.45, 7) is 0. The van der Waals surface area contributed by atoms with Crippen molar-refractivity contribution in [3.63, 3.8) is 0 Å². The Morgan fingerprint density at radius 1 is 1.24 bits per heavy atom. The van der Waals surface area contributed by atoms with Crippen molar-refractivity contribution in [2.45, 2.75) is 0 Å². The van der Waals surface area contributed by atoms with Crippen LogP contribution in [-0.2, 0) is 0 Å². The summed E-state index contributed by atoms with van der Waals surface area (Å²) in [5.41, 5.74) is -2.02. The zero-order valence-corrected chi connectivity index (χ0v) is 8.22. The Bertz CT molecular complexity index is 691. The minimum Gasteiger partial charge on any atom is -0.504 e. The van der Waals surface area contributed by atoms with Crippen molar-refractivity contribution in [1.29, 1.82) is 0 Å². The van der Waals surface area contributed by atoms with E-state index in [9.17, 15) is 19.2 Å². The van der Waals surface area contributed by atoms with Crippen molar-refractivity contribution < 1.29 is 24.6 Å². The maximum atomic E-state index is 13.4. The molecule has 0 unspecified atom stereocenters. The summed E-state index contributed by atoms with van der Waals surface area (Å²) in [5, 5.41) is 26.7. The van der Waals surface area contributed by atoms with Gasteiger partial charge in [-0.2, -0.15) is 4.79 Å². The molecule has 1 aromatic heterocycles. The molecule has 0 saturated carbocycles. The lowest BCUT2D eigenvalue weighted by molar-refractivity contribution is 0.0693. The van der Waals surface area contributed by atoms with Gasteiger partial charge in [0.2, 0.25) is 5.43 Å². The quantitative estimate of drug-likeness (QED) is 0.640. The van der Waals surface area contributed by atoms with Crippen LogP contribution in [0.25, 0.3) is 10.9 Å². The number of aromatic nitrogens is 1. The van der Waals surface area contributed by atoms with Crippen LogP contribution in [0, 0.1) is 0 Å². The van der Waals surface area contributed by atoms with Crippen LogP contribution in [0.15, 0.2) is 23.1 Å². The predicted molar refractivity (Wildman–Crippen MR) is 55.0 cm³/mol. The molecule has 0 saturated heterocycles. The first-order valence-corrected chi connectivity index (χ1v) is 4.42. The highest BCUT2D eigenvalue weighted by molar-refractivity contribution is 5.93. The van der Waals surface area contributed by atoms with Crippen molar-refractivity contribution in [3.8, 4) is 11.5 Å². The van der Waals surface area contributed by atoms with Crippen LogP contribution in [0.5, 0.6) is 11.5 Å². The van der Waals surface area contributed by atoms with E-state index in [1.54, 1.807) is 0 Å². The second kappa shape index (κ2) is 3.48. The average Bonchev–Trinajstić information content (AvgIpc) is 2.25. The summed E-state index contributed by atoms with van der Waals surface area (Å²) in [4.78, 5) is 22.2. The highest BCUT2D eigenvalue weighted by atomic mass is 19.2. The Kier molecular flexibility index (Phi) is 2.24. The number of aromatic hydroxyl groups is 2. The molecule has 88 valence electrons. The molecule has 2 aromatic rings. The van der Waals surface area contributed by atoms with Gasteiger partial charge in [0.15, 0.2) is 11.5 Å². The fourth-order valence-corrected chi connectivity index (χ4v) is 1.46. The fraction of sp³-hybridized carbons (Fsp3) is 0. The van der Waals surface area contributed by atoms with E-state index in [4.69, 9.17) is 10.2 Å². The molecule has 0 spiro atoms. The summed E-state index contributed by atoms with van der Waals surface area (Å²) in [5.74, 6) is -2.81. The Morgan fingerprint density at radius 2 is 1.82 bits per heavy atom. The van der Waals surface area contributed by atoms with Gasteiger partial charge in [0.1, 0.15) is 5.56 Å². The number of phenols is 2. The van der Waals surface area contributed by atoms with Crippen molar-refractivity contribution in [1.82, 2.24) is 4.79 Å². The molecule has 1 aromatic carbocycles. The normalized spacial score (nSPS) is 10.6. The Balaban J connectivity index is 2.99. The van der Waals surface area contributed by atoms with E-state index in [1.165, 1.54) is 0 Å². The third-order valence-electron chi connectivity index (χ3n) is 2.29. The van der Waals surface area contributed by atoms with Crippen LogP contribution in [0.2, 0.25) is 0 Å². The lowest BCUT2D eigenvalue weighted by Gasteiger charge is -2.05. The number of nitrogens with zero attached hydrogens (tertiary/aromatic N) is 1. The number of aromatic carboxylic acids is 1. The molecule has 0 aliphatic heterocycles. The summed E-state index contributed by atoms with van der Waals surface area (Å²) < 4.78 is 13.4. The lowest BCUT2D eigenvalue weighted by Crippen LogP contribution is -2.16. The lowest BCUT2D eigenvalue weighted by atomic mass is 10.1. The summed E-state index contributed by atoms with van der Waals surface area (Å²) in [6.07, 6.45) is 0.503. The molecule has 2 rings (SSSR count). The van der Waals surface area contributed by atoms with Gasteiger partial charge in [-0.1, -0.05) is 4.48 Å². The molecule has 0 aliphatic rings. The minimum atomic E-state index is -1.57. The van der Waals surface area contributed by atoms with E-state index in [-0.39, 0.29) is 15.7 Å². The number of hydrogen-bond acceptors (Lipinski definition) is 4. The van der Waals surface area contributed by atoms with E-state index < -0.39 is 28.5 Å². The van der Waals surface area contributed by atoms with E-state index >= 15 is 0 Å². The number of halogens is 1. The number of phenolic OH excluding ortho intramolecular Hbond substituents is 2. The second-order valence-electron chi connectivity index (χ2n) is 3.35. The molecule has 0 fully saturated rings. The summed E-state index contributed by atoms with van der Waals surface area (Å²) in [7, 11) is 0. The van der Waals surface area contributed by atoms with Gasteiger partial charge in [0, 0.05) is 6.07 Å². The highest BCUT2D eigenvalue weighted by Gasteiger charge is 2.16. The van der Waals surface area contributed by atoms with Crippen LogP contribution < -0.4 is 5.43 Å². The SMILES string of the molecule is O=C(O)c1cn(F)c2cc(O)c(O)cc2c1=O. The van der Waals surface area contributed by atoms with Crippen molar-refractivity contribution in [2.24, 2.45) is 0 Å². The van der Waals surface area contributed by atoms with Gasteiger partial charge in [-0.3, -0.25) is 4.79 Å². The van der Waals surface area contributed by atoms with E-state index in [2.05, 4.69) is 0 Å². The molecule has 0 atom stereocenters. The van der Waals surface area contributed by atoms with Gasteiger partial charge < -0.3 is 15.3 Å². The van der Waals surface area contributed by atoms with Gasteiger partial charge in [-0.15, -0.1) is 0 Å². The number of carboxylic acid groups (broad SMARTS) is 1. The maximum Gasteiger partial charge on any atom is 0.341 e. The molecule has 3 N–H and O–H groups in total. The molecule has 1 heterocycles. The number of benzene rings is 1. The van der Waals surface area contributed by atoms with Crippen molar-refractivity contribution >= 4 is 16.9 Å². The molecule has 6 nitrogen and oxygen atoms in total. The predicted octanol–water partition coefficient (Wildman–Crippen LogP) is 0.843. The Morgan fingerprint density at radius 3 is 2.41 bits per heavy atom. The smallest absolute Gasteiger partial charge is 0.341 e. The molecule has 17 heavy (non-hydrogen) atoms. The summed E-state index contributed by atoms with van der Waals surface area (Å²) in [6, 6.07) is 1.65. The van der Waals surface area contributed by atoms with Crippen LogP contribution in [-0.4, -0.2) is 26.1 Å². The topological polar surface area (TPSA) is 99.8 Å². The average molecular weight is 239 g/mol. The third-order valence-corrected chi connectivity index (χ3v) is 2.29. The molecule has 0 aliphatic carbocycles. The van der Waals surface area contributed by atoms with Crippen molar-refractivity contribution in [3.05, 3.63) is 34.1 Å². The molecule has 7 heteroatoms. The number of pyridine rings is 1. The highest BCUT2D eigenvalue weighted by Crippen LogP contribution is 2.28. The molecule has 0 radical (unpaired) electrons. The number of hydrogen-bond donors (Lipinski definition) is 3. The fourth-order valence-electron chi connectivity index (χ4n) is 1.46. The Labute approximate surface area is 92.7 Å². The van der Waals surface area contributed by atoms with E-state index in [1.807, 2.05) is 0 Å². The van der Waals surface area contributed by atoms with Crippen LogP contribution in [0.1, 0.15) is 10.4 Å². The zero-order valence-electron chi connectivity index (χ0n) is 8.22. The Hall–Kier alpha value is -2.57. The standard InChI is InChI=1S/C10H6FNO5/c11-12-3-5(10(16)17)9(15)4-1-7(13)8(14)2-6(4)12/h1-3,13-14H,(H,16,17). The number of carbonyl (C=O) groups is 1. The number of rotatable bonds is 1. The largest absolute Gasteiger partial charge is 0.504 e.